The highest BCUT2D eigenvalue weighted by Gasteiger charge is 2.26. The van der Waals surface area contributed by atoms with Crippen molar-refractivity contribution in [1.82, 2.24) is 9.62 Å². The Kier molecular flexibility index (Phi) is 4.29. The van der Waals surface area contributed by atoms with Gasteiger partial charge in [0, 0.05) is 19.1 Å². The summed E-state index contributed by atoms with van der Waals surface area (Å²) >= 11 is 0. The lowest BCUT2D eigenvalue weighted by Crippen LogP contribution is -2.46. The SMILES string of the molecule is CS(=O)(=O)NC1CCN(C(=O)c2ccccc2O)CC1. The molecule has 1 fully saturated rings. The van der Waals surface area contributed by atoms with Crippen molar-refractivity contribution in [3.63, 3.8) is 0 Å². The third-order valence-corrected chi connectivity index (χ3v) is 4.06. The maximum atomic E-state index is 12.2. The second-order valence-corrected chi connectivity index (χ2v) is 6.75. The highest BCUT2D eigenvalue weighted by Crippen LogP contribution is 2.20. The molecule has 1 amide bonds. The van der Waals surface area contributed by atoms with Crippen LogP contribution < -0.4 is 4.72 Å². The molecular weight excluding hydrogens is 280 g/mol. The fourth-order valence-electron chi connectivity index (χ4n) is 2.33. The number of phenolic OH excluding ortho intramolecular Hbond substituents is 1. The van der Waals surface area contributed by atoms with Crippen LogP contribution in [0.15, 0.2) is 24.3 Å². The Bertz CT molecular complexity index is 592. The quantitative estimate of drug-likeness (QED) is 0.853. The predicted octanol–water partition coefficient (Wildman–Crippen LogP) is 0.546. The zero-order chi connectivity index (χ0) is 14.8. The molecule has 0 saturated carbocycles. The monoisotopic (exact) mass is 298 g/mol. The van der Waals surface area contributed by atoms with Gasteiger partial charge in [-0.1, -0.05) is 12.1 Å². The minimum absolute atomic E-state index is 0.0334. The van der Waals surface area contributed by atoms with E-state index in [1.54, 1.807) is 23.1 Å². The summed E-state index contributed by atoms with van der Waals surface area (Å²) in [5.74, 6) is -0.255. The van der Waals surface area contributed by atoms with E-state index < -0.39 is 10.0 Å². The van der Waals surface area contributed by atoms with Gasteiger partial charge in [-0.3, -0.25) is 4.79 Å². The zero-order valence-corrected chi connectivity index (χ0v) is 12.1. The molecule has 6 nitrogen and oxygen atoms in total. The molecule has 110 valence electrons. The Morgan fingerprint density at radius 1 is 1.30 bits per heavy atom. The molecule has 2 N–H and O–H groups in total. The van der Waals surface area contributed by atoms with Crippen molar-refractivity contribution >= 4 is 15.9 Å². The average molecular weight is 298 g/mol. The molecule has 1 aromatic carbocycles. The van der Waals surface area contributed by atoms with Crippen molar-refractivity contribution in [2.45, 2.75) is 18.9 Å². The zero-order valence-electron chi connectivity index (χ0n) is 11.2. The number of amides is 1. The molecule has 1 aliphatic rings. The Morgan fingerprint density at radius 3 is 2.45 bits per heavy atom. The van der Waals surface area contributed by atoms with E-state index in [4.69, 9.17) is 0 Å². The van der Waals surface area contributed by atoms with Gasteiger partial charge in [-0.15, -0.1) is 0 Å². The first-order chi connectivity index (χ1) is 9.37. The molecule has 1 heterocycles. The predicted molar refractivity (Wildman–Crippen MR) is 75.0 cm³/mol. The van der Waals surface area contributed by atoms with Crippen molar-refractivity contribution < 1.29 is 18.3 Å². The van der Waals surface area contributed by atoms with Gasteiger partial charge < -0.3 is 10.0 Å². The lowest BCUT2D eigenvalue weighted by atomic mass is 10.0. The maximum absolute atomic E-state index is 12.2. The van der Waals surface area contributed by atoms with Crippen LogP contribution in [-0.2, 0) is 10.0 Å². The smallest absolute Gasteiger partial charge is 0.257 e. The highest BCUT2D eigenvalue weighted by atomic mass is 32.2. The molecule has 2 rings (SSSR count). The number of benzene rings is 1. The molecule has 0 aliphatic carbocycles. The second-order valence-electron chi connectivity index (χ2n) is 4.97. The number of para-hydroxylation sites is 1. The minimum atomic E-state index is -3.21. The van der Waals surface area contributed by atoms with Crippen molar-refractivity contribution in [1.29, 1.82) is 0 Å². The van der Waals surface area contributed by atoms with E-state index in [1.807, 2.05) is 0 Å². The fraction of sp³-hybridized carbons (Fsp3) is 0.462. The number of hydrogen-bond donors (Lipinski definition) is 2. The molecule has 1 aliphatic heterocycles. The number of carbonyl (C=O) groups excluding carboxylic acids is 1. The van der Waals surface area contributed by atoms with E-state index in [-0.39, 0.29) is 23.3 Å². The van der Waals surface area contributed by atoms with Crippen LogP contribution in [0.5, 0.6) is 5.75 Å². The van der Waals surface area contributed by atoms with Gasteiger partial charge >= 0.3 is 0 Å². The standard InChI is InChI=1S/C13H18N2O4S/c1-20(18,19)14-10-6-8-15(9-7-10)13(17)11-4-2-3-5-12(11)16/h2-5,10,14,16H,6-9H2,1H3. The molecule has 0 aromatic heterocycles. The molecule has 0 spiro atoms. The van der Waals surface area contributed by atoms with Gasteiger partial charge in [-0.2, -0.15) is 0 Å². The lowest BCUT2D eigenvalue weighted by Gasteiger charge is -2.32. The van der Waals surface area contributed by atoms with Gasteiger partial charge in [0.15, 0.2) is 0 Å². The van der Waals surface area contributed by atoms with Crippen LogP contribution in [0.25, 0.3) is 0 Å². The largest absolute Gasteiger partial charge is 0.507 e. The number of nitrogens with one attached hydrogen (secondary N) is 1. The number of sulfonamides is 1. The van der Waals surface area contributed by atoms with Crippen LogP contribution in [0.3, 0.4) is 0 Å². The number of hydrogen-bond acceptors (Lipinski definition) is 4. The van der Waals surface area contributed by atoms with E-state index in [9.17, 15) is 18.3 Å². The van der Waals surface area contributed by atoms with Crippen LogP contribution >= 0.6 is 0 Å². The van der Waals surface area contributed by atoms with E-state index in [0.29, 0.717) is 25.9 Å². The van der Waals surface area contributed by atoms with Crippen LogP contribution in [0.4, 0.5) is 0 Å². The molecule has 7 heteroatoms. The number of piperidine rings is 1. The fourth-order valence-corrected chi connectivity index (χ4v) is 3.17. The molecule has 0 bridgehead atoms. The van der Waals surface area contributed by atoms with E-state index in [0.717, 1.165) is 6.26 Å². The second kappa shape index (κ2) is 5.80. The summed E-state index contributed by atoms with van der Waals surface area (Å²) < 4.78 is 24.9. The van der Waals surface area contributed by atoms with Crippen LogP contribution in [-0.4, -0.2) is 49.7 Å². The Balaban J connectivity index is 1.97. The summed E-state index contributed by atoms with van der Waals surface area (Å²) in [6.07, 6.45) is 2.28. The van der Waals surface area contributed by atoms with Gasteiger partial charge in [0.2, 0.25) is 10.0 Å². The number of likely N-dealkylation sites (tertiary alicyclic amines) is 1. The van der Waals surface area contributed by atoms with Crippen LogP contribution in [0, 0.1) is 0 Å². The summed E-state index contributed by atoms with van der Waals surface area (Å²) in [6, 6.07) is 6.29. The molecule has 0 radical (unpaired) electrons. The molecule has 0 atom stereocenters. The molecule has 20 heavy (non-hydrogen) atoms. The Morgan fingerprint density at radius 2 is 1.90 bits per heavy atom. The maximum Gasteiger partial charge on any atom is 0.257 e. The first-order valence-corrected chi connectivity index (χ1v) is 8.30. The van der Waals surface area contributed by atoms with Gasteiger partial charge in [0.05, 0.1) is 11.8 Å². The summed E-state index contributed by atoms with van der Waals surface area (Å²) in [7, 11) is -3.21. The van der Waals surface area contributed by atoms with Gasteiger partial charge in [0.25, 0.3) is 5.91 Å². The first-order valence-electron chi connectivity index (χ1n) is 6.41. The number of nitrogens with zero attached hydrogens (tertiary/aromatic N) is 1. The van der Waals surface area contributed by atoms with E-state index >= 15 is 0 Å². The Labute approximate surface area is 118 Å². The molecule has 1 saturated heterocycles. The molecule has 0 unspecified atom stereocenters. The van der Waals surface area contributed by atoms with Crippen LogP contribution in [0.1, 0.15) is 23.2 Å². The third-order valence-electron chi connectivity index (χ3n) is 3.30. The van der Waals surface area contributed by atoms with E-state index in [1.165, 1.54) is 6.07 Å². The summed E-state index contributed by atoms with van der Waals surface area (Å²) in [6.45, 7) is 0.945. The average Bonchev–Trinajstić information content (AvgIpc) is 2.37. The Hall–Kier alpha value is -1.60. The number of rotatable bonds is 3. The normalized spacial score (nSPS) is 17.1. The number of phenols is 1. The van der Waals surface area contributed by atoms with Gasteiger partial charge in [-0.05, 0) is 25.0 Å². The van der Waals surface area contributed by atoms with Crippen molar-refractivity contribution in [2.24, 2.45) is 0 Å². The van der Waals surface area contributed by atoms with Gasteiger partial charge in [0.1, 0.15) is 5.75 Å². The molecule has 1 aromatic rings. The number of carbonyl (C=O) groups is 1. The third kappa shape index (κ3) is 3.71. The highest BCUT2D eigenvalue weighted by molar-refractivity contribution is 7.88. The first kappa shape index (κ1) is 14.8. The molecular formula is C13H18N2O4S. The summed E-state index contributed by atoms with van der Waals surface area (Å²) in [4.78, 5) is 13.9. The minimum Gasteiger partial charge on any atom is -0.507 e. The number of aromatic hydroxyl groups is 1. The van der Waals surface area contributed by atoms with Crippen LogP contribution in [0.2, 0.25) is 0 Å². The topological polar surface area (TPSA) is 86.7 Å². The van der Waals surface area contributed by atoms with Crippen molar-refractivity contribution in [3.8, 4) is 5.75 Å². The van der Waals surface area contributed by atoms with E-state index in [2.05, 4.69) is 4.72 Å². The van der Waals surface area contributed by atoms with Gasteiger partial charge in [-0.25, -0.2) is 13.1 Å². The van der Waals surface area contributed by atoms with Crippen molar-refractivity contribution in [3.05, 3.63) is 29.8 Å². The van der Waals surface area contributed by atoms with Crippen molar-refractivity contribution in [2.75, 3.05) is 19.3 Å². The lowest BCUT2D eigenvalue weighted by molar-refractivity contribution is 0.0708. The summed E-state index contributed by atoms with van der Waals surface area (Å²) in [5.41, 5.74) is 0.280. The summed E-state index contributed by atoms with van der Waals surface area (Å²) in [5, 5.41) is 9.68.